The molecular formula is C34H40O8. The molecule has 224 valence electrons. The molecule has 42 heavy (non-hydrogen) atoms. The predicted octanol–water partition coefficient (Wildman–Crippen LogP) is 6.45. The Morgan fingerprint density at radius 3 is 2.31 bits per heavy atom. The summed E-state index contributed by atoms with van der Waals surface area (Å²) in [5.41, 5.74) is 4.11. The minimum atomic E-state index is -0.974. The Kier molecular flexibility index (Phi) is 12.3. The molecule has 0 saturated carbocycles. The van der Waals surface area contributed by atoms with Crippen molar-refractivity contribution in [2.24, 2.45) is 0 Å². The van der Waals surface area contributed by atoms with Gasteiger partial charge in [0.2, 0.25) is 0 Å². The summed E-state index contributed by atoms with van der Waals surface area (Å²) in [5, 5.41) is 10.7. The monoisotopic (exact) mass is 576 g/mol. The second-order valence-electron chi connectivity index (χ2n) is 10.4. The number of aliphatic hydroxyl groups excluding tert-OH is 1. The summed E-state index contributed by atoms with van der Waals surface area (Å²) in [7, 11) is 0. The molecule has 3 aromatic rings. The fraction of sp³-hybridized carbons (Fsp3) is 0.382. The zero-order chi connectivity index (χ0) is 30.6. The highest BCUT2D eigenvalue weighted by molar-refractivity contribution is 5.87. The summed E-state index contributed by atoms with van der Waals surface area (Å²) in [5.74, 6) is -0.313. The van der Waals surface area contributed by atoms with E-state index in [-0.39, 0.29) is 12.4 Å². The number of unbranched alkanes of at least 4 members (excludes halogenated alkanes) is 2. The molecule has 1 atom stereocenters. The molecular weight excluding hydrogens is 536 g/mol. The van der Waals surface area contributed by atoms with Crippen LogP contribution < -0.4 is 10.4 Å². The van der Waals surface area contributed by atoms with Crippen molar-refractivity contribution in [3.63, 3.8) is 0 Å². The van der Waals surface area contributed by atoms with Gasteiger partial charge in [0.05, 0.1) is 18.8 Å². The standard InChI is InChI=1S/C34H40O8/c1-6-31(35)41-27-15-13-25(14-16-27)29-21-28-26(12-8-10-18-40-33(37)23(4)5)19-24(20-30(28)42-34(29)38)11-7-9-17-39-32(36)22(2)3/h13-16,19-21,33,37H,2,4,6-12,17-18H2,1,3,5H3. The molecule has 0 aliphatic heterocycles. The fourth-order valence-corrected chi connectivity index (χ4v) is 4.29. The second kappa shape index (κ2) is 15.8. The van der Waals surface area contributed by atoms with E-state index in [1.807, 2.05) is 12.1 Å². The number of ether oxygens (including phenoxy) is 3. The first-order chi connectivity index (χ1) is 20.1. The molecule has 0 aliphatic rings. The average Bonchev–Trinajstić information content (AvgIpc) is 2.96. The minimum absolute atomic E-state index is 0.268. The van der Waals surface area contributed by atoms with Gasteiger partial charge in [0.1, 0.15) is 11.3 Å². The summed E-state index contributed by atoms with van der Waals surface area (Å²) in [6, 6.07) is 12.6. The summed E-state index contributed by atoms with van der Waals surface area (Å²) < 4.78 is 21.7. The van der Waals surface area contributed by atoms with Gasteiger partial charge in [0.15, 0.2) is 6.29 Å². The summed E-state index contributed by atoms with van der Waals surface area (Å²) in [6.45, 7) is 13.0. The van der Waals surface area contributed by atoms with Crippen molar-refractivity contribution in [1.82, 2.24) is 0 Å². The number of aliphatic hydroxyl groups is 1. The van der Waals surface area contributed by atoms with Crippen LogP contribution in [-0.2, 0) is 31.9 Å². The van der Waals surface area contributed by atoms with Gasteiger partial charge in [-0.1, -0.05) is 38.3 Å². The van der Waals surface area contributed by atoms with Gasteiger partial charge in [-0.2, -0.15) is 0 Å². The molecule has 1 unspecified atom stereocenters. The van der Waals surface area contributed by atoms with Crippen LogP contribution in [-0.4, -0.2) is 36.5 Å². The number of rotatable bonds is 16. The largest absolute Gasteiger partial charge is 0.462 e. The Labute approximate surface area is 246 Å². The van der Waals surface area contributed by atoms with Crippen LogP contribution in [0, 0.1) is 0 Å². The smallest absolute Gasteiger partial charge is 0.344 e. The number of carbonyl (C=O) groups is 2. The van der Waals surface area contributed by atoms with Crippen molar-refractivity contribution in [3.8, 4) is 16.9 Å². The molecule has 0 radical (unpaired) electrons. The van der Waals surface area contributed by atoms with Crippen molar-refractivity contribution >= 4 is 22.9 Å². The van der Waals surface area contributed by atoms with Crippen LogP contribution in [0.4, 0.5) is 0 Å². The topological polar surface area (TPSA) is 112 Å². The number of esters is 2. The first-order valence-electron chi connectivity index (χ1n) is 14.3. The summed E-state index contributed by atoms with van der Waals surface area (Å²) in [6.07, 6.45) is 3.74. The Morgan fingerprint density at radius 1 is 0.952 bits per heavy atom. The molecule has 0 aliphatic carbocycles. The highest BCUT2D eigenvalue weighted by Gasteiger charge is 2.14. The minimum Gasteiger partial charge on any atom is -0.462 e. The van der Waals surface area contributed by atoms with E-state index in [0.29, 0.717) is 59.7 Å². The number of fused-ring (bicyclic) bond motifs is 1. The van der Waals surface area contributed by atoms with Crippen LogP contribution in [0.3, 0.4) is 0 Å². The molecule has 1 N–H and O–H groups in total. The first-order valence-corrected chi connectivity index (χ1v) is 14.3. The van der Waals surface area contributed by atoms with E-state index in [0.717, 1.165) is 42.2 Å². The highest BCUT2D eigenvalue weighted by atomic mass is 16.6. The van der Waals surface area contributed by atoms with Crippen molar-refractivity contribution < 1.29 is 33.3 Å². The van der Waals surface area contributed by atoms with Crippen LogP contribution in [0.5, 0.6) is 5.75 Å². The molecule has 1 aromatic heterocycles. The van der Waals surface area contributed by atoms with Crippen LogP contribution in [0.25, 0.3) is 22.1 Å². The molecule has 3 rings (SSSR count). The lowest BCUT2D eigenvalue weighted by molar-refractivity contribution is -0.139. The number of hydrogen-bond acceptors (Lipinski definition) is 8. The lowest BCUT2D eigenvalue weighted by atomic mass is 9.96. The van der Waals surface area contributed by atoms with Gasteiger partial charge in [-0.3, -0.25) is 4.79 Å². The van der Waals surface area contributed by atoms with E-state index < -0.39 is 17.9 Å². The summed E-state index contributed by atoms with van der Waals surface area (Å²) in [4.78, 5) is 36.3. The molecule has 0 saturated heterocycles. The molecule has 2 aromatic carbocycles. The van der Waals surface area contributed by atoms with E-state index in [2.05, 4.69) is 19.2 Å². The summed E-state index contributed by atoms with van der Waals surface area (Å²) >= 11 is 0. The van der Waals surface area contributed by atoms with Crippen LogP contribution in [0.15, 0.2) is 76.0 Å². The van der Waals surface area contributed by atoms with Crippen LogP contribution in [0.1, 0.15) is 64.0 Å². The van der Waals surface area contributed by atoms with Gasteiger partial charge in [0, 0.05) is 17.4 Å². The molecule has 8 heteroatoms. The lowest BCUT2D eigenvalue weighted by Gasteiger charge is -2.13. The molecule has 8 nitrogen and oxygen atoms in total. The van der Waals surface area contributed by atoms with E-state index in [9.17, 15) is 19.5 Å². The molecule has 1 heterocycles. The Bertz CT molecular complexity index is 1470. The SMILES string of the molecule is C=C(C)C(=O)OCCCCc1cc(CCCCOC(O)C(=C)C)c2cc(-c3ccc(OC(=O)CC)cc3)c(=O)oc2c1. The maximum atomic E-state index is 13.0. The van der Waals surface area contributed by atoms with Crippen molar-refractivity contribution in [3.05, 3.63) is 88.3 Å². The predicted molar refractivity (Wildman–Crippen MR) is 162 cm³/mol. The average molecular weight is 577 g/mol. The Balaban J connectivity index is 1.82. The maximum absolute atomic E-state index is 13.0. The van der Waals surface area contributed by atoms with Gasteiger partial charge in [-0.25, -0.2) is 9.59 Å². The third-order valence-electron chi connectivity index (χ3n) is 6.66. The molecule has 0 bridgehead atoms. The molecule has 0 fully saturated rings. The van der Waals surface area contributed by atoms with E-state index >= 15 is 0 Å². The maximum Gasteiger partial charge on any atom is 0.344 e. The van der Waals surface area contributed by atoms with Gasteiger partial charge in [-0.15, -0.1) is 0 Å². The van der Waals surface area contributed by atoms with E-state index in [1.54, 1.807) is 45.0 Å². The highest BCUT2D eigenvalue weighted by Crippen LogP contribution is 2.28. The van der Waals surface area contributed by atoms with Crippen LogP contribution >= 0.6 is 0 Å². The lowest BCUT2D eigenvalue weighted by Crippen LogP contribution is -2.13. The van der Waals surface area contributed by atoms with E-state index in [1.165, 1.54) is 0 Å². The quantitative estimate of drug-likeness (QED) is 0.0394. The van der Waals surface area contributed by atoms with Crippen LogP contribution in [0.2, 0.25) is 0 Å². The number of hydrogen-bond donors (Lipinski definition) is 1. The van der Waals surface area contributed by atoms with Crippen molar-refractivity contribution in [2.45, 2.75) is 72.0 Å². The Morgan fingerprint density at radius 2 is 1.64 bits per heavy atom. The van der Waals surface area contributed by atoms with Crippen molar-refractivity contribution in [1.29, 1.82) is 0 Å². The number of benzene rings is 2. The third-order valence-corrected chi connectivity index (χ3v) is 6.66. The van der Waals surface area contributed by atoms with Gasteiger partial charge in [-0.05, 0) is 98.9 Å². The third kappa shape index (κ3) is 9.53. The van der Waals surface area contributed by atoms with Crippen molar-refractivity contribution in [2.75, 3.05) is 13.2 Å². The molecule has 0 spiro atoms. The fourth-order valence-electron chi connectivity index (χ4n) is 4.29. The van der Waals surface area contributed by atoms with Gasteiger partial charge >= 0.3 is 17.6 Å². The van der Waals surface area contributed by atoms with E-state index in [4.69, 9.17) is 18.6 Å². The number of carbonyl (C=O) groups excluding carboxylic acids is 2. The molecule has 0 amide bonds. The second-order valence-corrected chi connectivity index (χ2v) is 10.4. The zero-order valence-corrected chi connectivity index (χ0v) is 24.7. The zero-order valence-electron chi connectivity index (χ0n) is 24.7. The van der Waals surface area contributed by atoms with Gasteiger partial charge < -0.3 is 23.7 Å². The first kappa shape index (κ1) is 32.5. The Hall–Kier alpha value is -4.01. The van der Waals surface area contributed by atoms with Gasteiger partial charge in [0.25, 0.3) is 0 Å². The normalized spacial score (nSPS) is 11.7. The number of aryl methyl sites for hydroxylation is 2.